The molecule has 2 heterocycles. The Morgan fingerprint density at radius 2 is 1.74 bits per heavy atom. The largest absolute Gasteiger partial charge is 0.457 e. The van der Waals surface area contributed by atoms with E-state index in [0.717, 1.165) is 17.8 Å². The lowest BCUT2D eigenvalue weighted by Crippen LogP contribution is -2.33. The number of hydrogen-bond donors (Lipinski definition) is 0. The minimum absolute atomic E-state index is 0.257. The van der Waals surface area contributed by atoms with E-state index >= 15 is 0 Å². The van der Waals surface area contributed by atoms with E-state index in [9.17, 15) is 13.2 Å². The molecular weight excluding hydrogens is 501 g/mol. The summed E-state index contributed by atoms with van der Waals surface area (Å²) in [5, 5.41) is 3.62. The van der Waals surface area contributed by atoms with Crippen LogP contribution < -0.4 is 4.74 Å². The van der Waals surface area contributed by atoms with Gasteiger partial charge in [-0.15, -0.1) is 0 Å². The summed E-state index contributed by atoms with van der Waals surface area (Å²) in [5.41, 5.74) is 0.595. The van der Waals surface area contributed by atoms with Crippen molar-refractivity contribution >= 4 is 21.6 Å². The molecule has 4 rings (SSSR count). The van der Waals surface area contributed by atoms with E-state index in [1.165, 1.54) is 12.1 Å². The molecule has 2 aromatic carbocycles. The van der Waals surface area contributed by atoms with Crippen molar-refractivity contribution in [2.45, 2.75) is 18.5 Å². The van der Waals surface area contributed by atoms with Crippen molar-refractivity contribution < 1.29 is 27.4 Å². The van der Waals surface area contributed by atoms with Crippen LogP contribution in [0.1, 0.15) is 16.8 Å². The van der Waals surface area contributed by atoms with Gasteiger partial charge in [-0.1, -0.05) is 11.6 Å². The van der Waals surface area contributed by atoms with Gasteiger partial charge < -0.3 is 18.8 Å². The van der Waals surface area contributed by atoms with Crippen LogP contribution in [0, 0.1) is 11.2 Å². The van der Waals surface area contributed by atoms with Crippen LogP contribution in [0.2, 0.25) is 5.02 Å². The average Bonchev–Trinajstić information content (AvgIpc) is 3.42. The lowest BCUT2D eigenvalue weighted by Gasteiger charge is -2.29. The van der Waals surface area contributed by atoms with Crippen molar-refractivity contribution in [1.82, 2.24) is 9.55 Å². The molecule has 0 saturated carbocycles. The summed E-state index contributed by atoms with van der Waals surface area (Å²) < 4.78 is 58.0. The molecule has 0 N–H and O–H groups in total. The molecule has 1 saturated heterocycles. The second kappa shape index (κ2) is 9.78. The zero-order valence-corrected chi connectivity index (χ0v) is 20.9. The number of ether oxygens (including phenoxy) is 3. The maximum Gasteiger partial charge on any atom is 0.416 e. The fraction of sp³-hybridized carbons (Fsp3) is 0.320. The first kappa shape index (κ1) is 25.5. The number of nitrogens with zero attached hydrogens (tertiary/aromatic N) is 2. The number of imidazole rings is 1. The highest BCUT2D eigenvalue weighted by Gasteiger charge is 2.41. The van der Waals surface area contributed by atoms with Gasteiger partial charge in [-0.3, -0.25) is 0 Å². The molecule has 0 amide bonds. The van der Waals surface area contributed by atoms with Crippen molar-refractivity contribution in [2.24, 2.45) is 0 Å². The van der Waals surface area contributed by atoms with Gasteiger partial charge in [0.1, 0.15) is 17.2 Å². The van der Waals surface area contributed by atoms with Crippen molar-refractivity contribution in [2.75, 3.05) is 32.0 Å². The van der Waals surface area contributed by atoms with Crippen LogP contribution in [0.5, 0.6) is 11.5 Å². The van der Waals surface area contributed by atoms with Gasteiger partial charge in [0, 0.05) is 5.56 Å². The van der Waals surface area contributed by atoms with Gasteiger partial charge in [0.15, 0.2) is 0 Å². The van der Waals surface area contributed by atoms with Gasteiger partial charge >= 0.3 is 6.18 Å². The Morgan fingerprint density at radius 3 is 2.34 bits per heavy atom. The van der Waals surface area contributed by atoms with Crippen LogP contribution in [0.25, 0.3) is 0 Å². The van der Waals surface area contributed by atoms with E-state index in [1.807, 2.05) is 4.57 Å². The van der Waals surface area contributed by atoms with E-state index < -0.39 is 27.6 Å². The van der Waals surface area contributed by atoms with Gasteiger partial charge in [-0.05, 0) is 72.4 Å². The molecule has 0 radical (unpaired) electrons. The fourth-order valence-corrected chi connectivity index (χ4v) is 4.21. The quantitative estimate of drug-likeness (QED) is 0.370. The van der Waals surface area contributed by atoms with Gasteiger partial charge in [-0.25, -0.2) is 4.98 Å². The molecule has 0 spiro atoms. The lowest BCUT2D eigenvalue weighted by molar-refractivity contribution is -0.176. The first-order valence-electron chi connectivity index (χ1n) is 10.6. The Bertz CT molecular complexity index is 1250. The molecular formula is C25H24ClF3N2O3S. The number of alkyl halides is 3. The van der Waals surface area contributed by atoms with E-state index in [4.69, 9.17) is 25.8 Å². The highest BCUT2D eigenvalue weighted by atomic mass is 35.5. The molecule has 1 aliphatic heterocycles. The Kier molecular flexibility index (Phi) is 7.11. The smallest absolute Gasteiger partial charge is 0.416 e. The van der Waals surface area contributed by atoms with Gasteiger partial charge in [0.25, 0.3) is 0 Å². The van der Waals surface area contributed by atoms with Crippen LogP contribution in [-0.4, -0.2) is 41.5 Å². The molecule has 5 nitrogen and oxygen atoms in total. The Hall–Kier alpha value is -2.64. The minimum Gasteiger partial charge on any atom is -0.457 e. The molecule has 1 fully saturated rings. The minimum atomic E-state index is -4.41. The third-order valence-corrected chi connectivity index (χ3v) is 6.13. The van der Waals surface area contributed by atoms with Crippen LogP contribution in [-0.2, 0) is 28.0 Å². The van der Waals surface area contributed by atoms with E-state index in [2.05, 4.69) is 34.9 Å². The molecule has 10 heteroatoms. The van der Waals surface area contributed by atoms with Crippen molar-refractivity contribution in [3.05, 3.63) is 76.8 Å². The molecule has 35 heavy (non-hydrogen) atoms. The number of aromatic nitrogens is 2. The van der Waals surface area contributed by atoms with Crippen LogP contribution >= 0.6 is 21.6 Å². The molecule has 1 aliphatic rings. The molecule has 0 unspecified atom stereocenters. The number of benzene rings is 2. The zero-order valence-electron chi connectivity index (χ0n) is 19.4. The summed E-state index contributed by atoms with van der Waals surface area (Å²) in [6.07, 6.45) is 5.29. The number of rotatable bonds is 5. The first-order valence-corrected chi connectivity index (χ1v) is 13.8. The first-order chi connectivity index (χ1) is 16.5. The number of hydrogen-bond acceptors (Lipinski definition) is 4. The maximum absolute atomic E-state index is 12.8. The highest BCUT2D eigenvalue weighted by Crippen LogP contribution is 2.40. The zero-order chi connectivity index (χ0) is 25.3. The van der Waals surface area contributed by atoms with Gasteiger partial charge in [0.05, 0.1) is 42.9 Å². The van der Waals surface area contributed by atoms with E-state index in [0.29, 0.717) is 29.5 Å². The van der Waals surface area contributed by atoms with Gasteiger partial charge in [-0.2, -0.15) is 23.2 Å². The summed E-state index contributed by atoms with van der Waals surface area (Å²) in [7, 11) is -1.01. The standard InChI is InChI=1S/C25H24ClF3N2O3S/c1-35(2,3)13-10-19-15-30-17-31(19)16-24(32-11-12-33-24)22-9-8-21(14-23(22)26)34-20-6-4-18(5-7-20)25(27,28)29/h4-9,14-15,17H,11-12,16H2,1-3H3. The van der Waals surface area contributed by atoms with Crippen LogP contribution in [0.4, 0.5) is 13.2 Å². The molecule has 0 bridgehead atoms. The highest BCUT2D eigenvalue weighted by molar-refractivity contribution is 8.35. The van der Waals surface area contributed by atoms with Crippen molar-refractivity contribution in [3.8, 4) is 22.7 Å². The SMILES string of the molecule is CS(C)(C)C#Cc1cncn1CC1(c2ccc(Oc3ccc(C(F)(F)F)cc3)cc2Cl)OCCO1. The van der Waals surface area contributed by atoms with E-state index in [-0.39, 0.29) is 12.3 Å². The predicted octanol–water partition coefficient (Wildman–Crippen LogP) is 6.25. The summed E-state index contributed by atoms with van der Waals surface area (Å²) >= 11 is 6.61. The average molecular weight is 525 g/mol. The Labute approximate surface area is 208 Å². The maximum atomic E-state index is 12.8. The molecule has 0 aliphatic carbocycles. The van der Waals surface area contributed by atoms with Crippen LogP contribution in [0.3, 0.4) is 0 Å². The van der Waals surface area contributed by atoms with Crippen molar-refractivity contribution in [1.29, 1.82) is 0 Å². The third-order valence-electron chi connectivity index (χ3n) is 5.10. The fourth-order valence-electron chi connectivity index (χ4n) is 3.48. The number of halogens is 4. The summed E-state index contributed by atoms with van der Waals surface area (Å²) in [4.78, 5) is 4.23. The molecule has 1 aromatic heterocycles. The summed E-state index contributed by atoms with van der Waals surface area (Å²) in [5.74, 6) is 2.68. The Balaban J connectivity index is 1.57. The second-order valence-corrected chi connectivity index (χ2v) is 13.0. The van der Waals surface area contributed by atoms with E-state index in [1.54, 1.807) is 30.7 Å². The predicted molar refractivity (Wildman–Crippen MR) is 131 cm³/mol. The Morgan fingerprint density at radius 1 is 1.09 bits per heavy atom. The van der Waals surface area contributed by atoms with Crippen molar-refractivity contribution in [3.63, 3.8) is 0 Å². The van der Waals surface area contributed by atoms with Crippen LogP contribution in [0.15, 0.2) is 55.0 Å². The molecule has 186 valence electrons. The topological polar surface area (TPSA) is 45.5 Å². The monoisotopic (exact) mass is 524 g/mol. The normalized spacial score (nSPS) is 16.0. The summed E-state index contributed by atoms with van der Waals surface area (Å²) in [6, 6.07) is 9.43. The van der Waals surface area contributed by atoms with Gasteiger partial charge in [0.2, 0.25) is 5.79 Å². The molecule has 3 aromatic rings. The molecule has 0 atom stereocenters. The second-order valence-electron chi connectivity index (χ2n) is 8.69. The lowest BCUT2D eigenvalue weighted by atomic mass is 10.0. The third kappa shape index (κ3) is 6.14. The summed E-state index contributed by atoms with van der Waals surface area (Å²) in [6.45, 7) is 1.07.